The molecule has 2 heterocycles. The fourth-order valence-corrected chi connectivity index (χ4v) is 5.67. The third kappa shape index (κ3) is 3.24. The van der Waals surface area contributed by atoms with Crippen LogP contribution in [0.4, 0.5) is 11.4 Å². The van der Waals surface area contributed by atoms with Crippen molar-refractivity contribution in [3.05, 3.63) is 106 Å². The van der Waals surface area contributed by atoms with Gasteiger partial charge in [-0.05, 0) is 46.0 Å². The summed E-state index contributed by atoms with van der Waals surface area (Å²) in [7, 11) is 0. The number of hydrogen-bond acceptors (Lipinski definition) is 4. The lowest BCUT2D eigenvalue weighted by molar-refractivity contribution is -0.122. The van der Waals surface area contributed by atoms with Gasteiger partial charge in [-0.2, -0.15) is 0 Å². The van der Waals surface area contributed by atoms with E-state index in [-0.39, 0.29) is 23.7 Å². The van der Waals surface area contributed by atoms with Crippen LogP contribution in [-0.2, 0) is 4.79 Å². The van der Waals surface area contributed by atoms with E-state index in [2.05, 4.69) is 88.8 Å². The largest absolute Gasteiger partial charge is 0.375 e. The molecule has 0 bridgehead atoms. The first-order valence-electron chi connectivity index (χ1n) is 10.7. The number of benzene rings is 3. The predicted molar refractivity (Wildman–Crippen MR) is 129 cm³/mol. The normalized spacial score (nSPS) is 22.5. The van der Waals surface area contributed by atoms with Crippen LogP contribution in [0.1, 0.15) is 28.8 Å². The SMILES string of the molecule is O=C1CC(c2cccs2)C=C2Nc3ccccc3NC(c3ccc4ccccc4c3)C12. The third-order valence-corrected chi connectivity index (χ3v) is 7.38. The number of anilines is 2. The Morgan fingerprint density at radius 2 is 1.65 bits per heavy atom. The number of para-hydroxylation sites is 2. The molecule has 2 N–H and O–H groups in total. The van der Waals surface area contributed by atoms with E-state index in [9.17, 15) is 4.79 Å². The van der Waals surface area contributed by atoms with Gasteiger partial charge in [0.2, 0.25) is 0 Å². The minimum absolute atomic E-state index is 0.121. The molecule has 0 fully saturated rings. The maximum atomic E-state index is 13.6. The Kier molecular flexibility index (Phi) is 4.39. The number of thiophene rings is 1. The van der Waals surface area contributed by atoms with Crippen molar-refractivity contribution in [3.8, 4) is 0 Å². The van der Waals surface area contributed by atoms with E-state index in [1.54, 1.807) is 11.3 Å². The number of allylic oxidation sites excluding steroid dienone is 1. The van der Waals surface area contributed by atoms with Crippen LogP contribution in [-0.4, -0.2) is 5.78 Å². The molecule has 1 aliphatic carbocycles. The second kappa shape index (κ2) is 7.40. The van der Waals surface area contributed by atoms with Gasteiger partial charge >= 0.3 is 0 Å². The number of rotatable bonds is 2. The van der Waals surface area contributed by atoms with Gasteiger partial charge in [0.1, 0.15) is 5.78 Å². The van der Waals surface area contributed by atoms with Crippen LogP contribution >= 0.6 is 11.3 Å². The van der Waals surface area contributed by atoms with Gasteiger partial charge in [0.15, 0.2) is 0 Å². The quantitative estimate of drug-likeness (QED) is 0.376. The van der Waals surface area contributed by atoms with Crippen molar-refractivity contribution in [1.82, 2.24) is 0 Å². The van der Waals surface area contributed by atoms with Gasteiger partial charge in [0.25, 0.3) is 0 Å². The molecule has 1 aromatic heterocycles. The van der Waals surface area contributed by atoms with Gasteiger partial charge < -0.3 is 10.6 Å². The van der Waals surface area contributed by atoms with Gasteiger partial charge in [0, 0.05) is 22.9 Å². The van der Waals surface area contributed by atoms with Crippen molar-refractivity contribution in [2.24, 2.45) is 5.92 Å². The van der Waals surface area contributed by atoms with Crippen LogP contribution in [0.15, 0.2) is 96.0 Å². The summed E-state index contributed by atoms with van der Waals surface area (Å²) in [5.41, 5.74) is 4.18. The molecule has 3 unspecified atom stereocenters. The van der Waals surface area contributed by atoms with Crippen LogP contribution in [0, 0.1) is 5.92 Å². The van der Waals surface area contributed by atoms with Crippen molar-refractivity contribution in [1.29, 1.82) is 0 Å². The molecule has 0 spiro atoms. The Morgan fingerprint density at radius 1 is 0.839 bits per heavy atom. The summed E-state index contributed by atoms with van der Waals surface area (Å²) in [6.07, 6.45) is 2.81. The van der Waals surface area contributed by atoms with Gasteiger partial charge in [0.05, 0.1) is 23.3 Å². The summed E-state index contributed by atoms with van der Waals surface area (Å²) < 4.78 is 0. The fraction of sp³-hybridized carbons (Fsp3) is 0.148. The number of hydrogen-bond donors (Lipinski definition) is 2. The Balaban J connectivity index is 1.50. The third-order valence-electron chi connectivity index (χ3n) is 6.38. The zero-order chi connectivity index (χ0) is 20.8. The summed E-state index contributed by atoms with van der Waals surface area (Å²) >= 11 is 1.72. The van der Waals surface area contributed by atoms with Gasteiger partial charge in [-0.25, -0.2) is 0 Å². The highest BCUT2D eigenvalue weighted by atomic mass is 32.1. The van der Waals surface area contributed by atoms with E-state index in [4.69, 9.17) is 0 Å². The number of Topliss-reactive ketones (excluding diaryl/α,β-unsaturated/α-hetero) is 1. The number of fused-ring (bicyclic) bond motifs is 3. The highest BCUT2D eigenvalue weighted by molar-refractivity contribution is 7.10. The van der Waals surface area contributed by atoms with Crippen LogP contribution in [0.3, 0.4) is 0 Å². The summed E-state index contributed by atoms with van der Waals surface area (Å²) in [4.78, 5) is 14.8. The van der Waals surface area contributed by atoms with E-state index in [0.717, 1.165) is 22.6 Å². The second-order valence-electron chi connectivity index (χ2n) is 8.29. The summed E-state index contributed by atoms with van der Waals surface area (Å²) in [6.45, 7) is 0. The van der Waals surface area contributed by atoms with Crippen LogP contribution in [0.5, 0.6) is 0 Å². The van der Waals surface area contributed by atoms with Crippen LogP contribution < -0.4 is 10.6 Å². The molecule has 4 heteroatoms. The summed E-state index contributed by atoms with van der Waals surface area (Å²) in [6, 6.07) is 27.2. The molecule has 4 aromatic rings. The molecule has 1 aliphatic heterocycles. The molecule has 3 aromatic carbocycles. The molecule has 2 aliphatic rings. The number of nitrogens with one attached hydrogen (secondary N) is 2. The lowest BCUT2D eigenvalue weighted by atomic mass is 9.78. The highest BCUT2D eigenvalue weighted by Crippen LogP contribution is 2.45. The molecular formula is C27H22N2OS. The number of ketones is 1. The lowest BCUT2D eigenvalue weighted by Crippen LogP contribution is -2.33. The number of carbonyl (C=O) groups is 1. The Labute approximate surface area is 185 Å². The van der Waals surface area contributed by atoms with E-state index < -0.39 is 0 Å². The zero-order valence-electron chi connectivity index (χ0n) is 16.9. The average Bonchev–Trinajstić information content (AvgIpc) is 3.28. The van der Waals surface area contributed by atoms with E-state index in [1.807, 2.05) is 12.1 Å². The molecular weight excluding hydrogens is 400 g/mol. The molecule has 3 atom stereocenters. The van der Waals surface area contributed by atoms with Crippen LogP contribution in [0.2, 0.25) is 0 Å². The zero-order valence-corrected chi connectivity index (χ0v) is 17.7. The topological polar surface area (TPSA) is 41.1 Å². The van der Waals surface area contributed by atoms with Crippen molar-refractivity contribution < 1.29 is 4.79 Å². The fourth-order valence-electron chi connectivity index (χ4n) is 4.87. The first kappa shape index (κ1) is 18.4. The van der Waals surface area contributed by atoms with Crippen molar-refractivity contribution in [2.45, 2.75) is 18.4 Å². The molecule has 0 amide bonds. The van der Waals surface area contributed by atoms with Gasteiger partial charge in [-0.1, -0.05) is 60.7 Å². The minimum atomic E-state index is -0.246. The minimum Gasteiger partial charge on any atom is -0.375 e. The smallest absolute Gasteiger partial charge is 0.145 e. The molecule has 0 saturated carbocycles. The van der Waals surface area contributed by atoms with Crippen molar-refractivity contribution >= 4 is 39.3 Å². The summed E-state index contributed by atoms with van der Waals surface area (Å²) in [5, 5.41) is 11.8. The Hall–Kier alpha value is -3.37. The first-order valence-corrected chi connectivity index (χ1v) is 11.5. The van der Waals surface area contributed by atoms with E-state index >= 15 is 0 Å². The monoisotopic (exact) mass is 422 g/mol. The molecule has 0 radical (unpaired) electrons. The van der Waals surface area contributed by atoms with E-state index in [0.29, 0.717) is 6.42 Å². The maximum absolute atomic E-state index is 13.6. The predicted octanol–water partition coefficient (Wildman–Crippen LogP) is 6.74. The molecule has 0 saturated heterocycles. The van der Waals surface area contributed by atoms with Crippen LogP contribution in [0.25, 0.3) is 10.8 Å². The van der Waals surface area contributed by atoms with E-state index in [1.165, 1.54) is 15.6 Å². The lowest BCUT2D eigenvalue weighted by Gasteiger charge is -2.32. The number of carbonyl (C=O) groups excluding carboxylic acids is 1. The standard InChI is InChI=1S/C27H22N2OS/c30-24-16-20(25-10-5-13-31-25)15-23-26(24)27(29-22-9-4-3-8-21(22)28-23)19-12-11-17-6-1-2-7-18(17)14-19/h1-15,20,26-29H,16H2. The van der Waals surface area contributed by atoms with Gasteiger partial charge in [-0.3, -0.25) is 4.79 Å². The van der Waals surface area contributed by atoms with Crippen molar-refractivity contribution in [2.75, 3.05) is 10.6 Å². The van der Waals surface area contributed by atoms with Crippen molar-refractivity contribution in [3.63, 3.8) is 0 Å². The molecule has 6 rings (SSSR count). The second-order valence-corrected chi connectivity index (χ2v) is 9.27. The maximum Gasteiger partial charge on any atom is 0.145 e. The van der Waals surface area contributed by atoms with Gasteiger partial charge in [-0.15, -0.1) is 11.3 Å². The Bertz CT molecular complexity index is 1310. The highest BCUT2D eigenvalue weighted by Gasteiger charge is 2.40. The molecule has 3 nitrogen and oxygen atoms in total. The molecule has 152 valence electrons. The molecule has 31 heavy (non-hydrogen) atoms. The first-order chi connectivity index (χ1) is 15.3. The average molecular weight is 423 g/mol. The Morgan fingerprint density at radius 3 is 2.48 bits per heavy atom. The summed E-state index contributed by atoms with van der Waals surface area (Å²) in [5.74, 6) is 0.167.